The van der Waals surface area contributed by atoms with Crippen molar-refractivity contribution in [3.05, 3.63) is 64.1 Å². The molecule has 2 nitrogen and oxygen atoms in total. The smallest absolute Gasteiger partial charge is 0.0970 e. The molecule has 1 fully saturated rings. The molecule has 0 spiro atoms. The standard InChI is InChI=1S/C20H21ClN2S/c21-17-5-3-4-15(14-17)8-11-23-12-9-16(10-13-23)20-22-18-6-1-2-7-19(18)24-20/h1-7,14,16H,8-13H2. The van der Waals surface area contributed by atoms with Gasteiger partial charge in [0.2, 0.25) is 0 Å². The Kier molecular flexibility index (Phi) is 4.83. The summed E-state index contributed by atoms with van der Waals surface area (Å²) in [5, 5.41) is 2.16. The first-order valence-corrected chi connectivity index (χ1v) is 9.80. The zero-order chi connectivity index (χ0) is 16.4. The van der Waals surface area contributed by atoms with Gasteiger partial charge < -0.3 is 4.90 Å². The first-order chi connectivity index (χ1) is 11.8. The van der Waals surface area contributed by atoms with E-state index in [1.807, 2.05) is 23.5 Å². The van der Waals surface area contributed by atoms with Crippen LogP contribution in [0.2, 0.25) is 5.02 Å². The molecule has 4 heteroatoms. The minimum Gasteiger partial charge on any atom is -0.303 e. The van der Waals surface area contributed by atoms with E-state index in [-0.39, 0.29) is 0 Å². The molecule has 0 bridgehead atoms. The highest BCUT2D eigenvalue weighted by atomic mass is 35.5. The summed E-state index contributed by atoms with van der Waals surface area (Å²) in [6.45, 7) is 3.45. The molecule has 0 radical (unpaired) electrons. The van der Waals surface area contributed by atoms with Gasteiger partial charge in [0, 0.05) is 17.5 Å². The van der Waals surface area contributed by atoms with Crippen LogP contribution >= 0.6 is 22.9 Å². The van der Waals surface area contributed by atoms with Gasteiger partial charge in [-0.15, -0.1) is 11.3 Å². The van der Waals surface area contributed by atoms with Gasteiger partial charge in [0.05, 0.1) is 15.2 Å². The number of piperidine rings is 1. The van der Waals surface area contributed by atoms with Gasteiger partial charge in [-0.05, 0) is 62.2 Å². The monoisotopic (exact) mass is 356 g/mol. The summed E-state index contributed by atoms with van der Waals surface area (Å²) < 4.78 is 1.32. The first kappa shape index (κ1) is 16.1. The third-order valence-corrected chi connectivity index (χ3v) is 6.29. The number of benzene rings is 2. The molecule has 2 heterocycles. The summed E-state index contributed by atoms with van der Waals surface area (Å²) in [7, 11) is 0. The van der Waals surface area contributed by atoms with Crippen molar-refractivity contribution in [1.29, 1.82) is 0 Å². The number of aromatic nitrogens is 1. The van der Waals surface area contributed by atoms with Crippen LogP contribution in [-0.2, 0) is 6.42 Å². The van der Waals surface area contributed by atoms with Crippen molar-refractivity contribution < 1.29 is 0 Å². The fourth-order valence-corrected chi connectivity index (χ4v) is 4.80. The number of likely N-dealkylation sites (tertiary alicyclic amines) is 1. The van der Waals surface area contributed by atoms with E-state index in [0.717, 1.165) is 23.5 Å². The van der Waals surface area contributed by atoms with Crippen molar-refractivity contribution in [3.63, 3.8) is 0 Å². The van der Waals surface area contributed by atoms with E-state index in [9.17, 15) is 0 Å². The average molecular weight is 357 g/mol. The second kappa shape index (κ2) is 7.22. The number of para-hydroxylation sites is 1. The molecule has 0 atom stereocenters. The van der Waals surface area contributed by atoms with E-state index in [2.05, 4.69) is 41.3 Å². The lowest BCUT2D eigenvalue weighted by Gasteiger charge is -2.31. The van der Waals surface area contributed by atoms with Crippen molar-refractivity contribution in [2.75, 3.05) is 19.6 Å². The molecule has 0 amide bonds. The van der Waals surface area contributed by atoms with Gasteiger partial charge in [-0.25, -0.2) is 4.98 Å². The highest BCUT2D eigenvalue weighted by molar-refractivity contribution is 7.18. The number of hydrogen-bond acceptors (Lipinski definition) is 3. The molecule has 0 N–H and O–H groups in total. The minimum atomic E-state index is 0.629. The molecule has 24 heavy (non-hydrogen) atoms. The maximum absolute atomic E-state index is 6.07. The molecule has 1 saturated heterocycles. The molecule has 0 unspecified atom stereocenters. The Hall–Kier alpha value is -1.42. The van der Waals surface area contributed by atoms with Gasteiger partial charge in [-0.2, -0.15) is 0 Å². The summed E-state index contributed by atoms with van der Waals surface area (Å²) in [6.07, 6.45) is 3.51. The van der Waals surface area contributed by atoms with E-state index in [1.165, 1.54) is 41.2 Å². The topological polar surface area (TPSA) is 16.1 Å². The quantitative estimate of drug-likeness (QED) is 0.624. The van der Waals surface area contributed by atoms with Gasteiger partial charge in [-0.3, -0.25) is 0 Å². The zero-order valence-corrected chi connectivity index (χ0v) is 15.2. The van der Waals surface area contributed by atoms with Crippen LogP contribution in [0.15, 0.2) is 48.5 Å². The second-order valence-corrected chi connectivity index (χ2v) is 8.01. The summed E-state index contributed by atoms with van der Waals surface area (Å²) in [6, 6.07) is 16.7. The van der Waals surface area contributed by atoms with Crippen molar-refractivity contribution in [3.8, 4) is 0 Å². The van der Waals surface area contributed by atoms with Crippen LogP contribution in [-0.4, -0.2) is 29.5 Å². The molecule has 1 aromatic heterocycles. The Morgan fingerprint density at radius 2 is 1.92 bits per heavy atom. The average Bonchev–Trinajstić information content (AvgIpc) is 3.05. The highest BCUT2D eigenvalue weighted by Crippen LogP contribution is 2.33. The Labute approximate surface area is 152 Å². The summed E-state index contributed by atoms with van der Waals surface area (Å²) in [5.74, 6) is 0.629. The van der Waals surface area contributed by atoms with Crippen LogP contribution < -0.4 is 0 Å². The van der Waals surface area contributed by atoms with Crippen LogP contribution in [0.4, 0.5) is 0 Å². The second-order valence-electron chi connectivity index (χ2n) is 6.52. The Bertz CT molecular complexity index is 788. The predicted octanol–water partition coefficient (Wildman–Crippen LogP) is 5.37. The van der Waals surface area contributed by atoms with Gasteiger partial charge >= 0.3 is 0 Å². The van der Waals surface area contributed by atoms with E-state index < -0.39 is 0 Å². The van der Waals surface area contributed by atoms with Crippen LogP contribution in [0.25, 0.3) is 10.2 Å². The molecular formula is C20H21ClN2S. The Morgan fingerprint density at radius 1 is 1.08 bits per heavy atom. The highest BCUT2D eigenvalue weighted by Gasteiger charge is 2.23. The number of halogens is 1. The third kappa shape index (κ3) is 3.64. The first-order valence-electron chi connectivity index (χ1n) is 8.60. The van der Waals surface area contributed by atoms with E-state index in [1.54, 1.807) is 0 Å². The van der Waals surface area contributed by atoms with E-state index in [4.69, 9.17) is 16.6 Å². The van der Waals surface area contributed by atoms with Crippen LogP contribution in [0, 0.1) is 0 Å². The maximum atomic E-state index is 6.07. The Morgan fingerprint density at radius 3 is 2.71 bits per heavy atom. The zero-order valence-electron chi connectivity index (χ0n) is 13.6. The molecule has 3 aromatic rings. The van der Waals surface area contributed by atoms with Crippen LogP contribution in [0.3, 0.4) is 0 Å². The molecular weight excluding hydrogens is 336 g/mol. The third-order valence-electron chi connectivity index (χ3n) is 4.85. The molecule has 4 rings (SSSR count). The van der Waals surface area contributed by atoms with Gasteiger partial charge in [0.15, 0.2) is 0 Å². The lowest BCUT2D eigenvalue weighted by Crippen LogP contribution is -2.34. The van der Waals surface area contributed by atoms with Gasteiger partial charge in [0.25, 0.3) is 0 Å². The molecule has 1 aliphatic heterocycles. The number of thiazole rings is 1. The molecule has 0 aliphatic carbocycles. The number of fused-ring (bicyclic) bond motifs is 1. The van der Waals surface area contributed by atoms with Crippen molar-refractivity contribution >= 4 is 33.2 Å². The Balaban J connectivity index is 1.33. The molecule has 2 aromatic carbocycles. The van der Waals surface area contributed by atoms with Gasteiger partial charge in [0.1, 0.15) is 0 Å². The van der Waals surface area contributed by atoms with Crippen LogP contribution in [0.5, 0.6) is 0 Å². The fraction of sp³-hybridized carbons (Fsp3) is 0.350. The summed E-state index contributed by atoms with van der Waals surface area (Å²) in [5.41, 5.74) is 2.48. The van der Waals surface area contributed by atoms with Crippen molar-refractivity contribution in [2.24, 2.45) is 0 Å². The lowest BCUT2D eigenvalue weighted by molar-refractivity contribution is 0.214. The summed E-state index contributed by atoms with van der Waals surface area (Å²) >= 11 is 7.94. The molecule has 124 valence electrons. The number of nitrogens with zero attached hydrogens (tertiary/aromatic N) is 2. The molecule has 1 aliphatic rings. The SMILES string of the molecule is Clc1cccc(CCN2CCC(c3nc4ccccc4s3)CC2)c1. The number of rotatable bonds is 4. The molecule has 0 saturated carbocycles. The normalized spacial score (nSPS) is 16.7. The van der Waals surface area contributed by atoms with Gasteiger partial charge in [-0.1, -0.05) is 35.9 Å². The summed E-state index contributed by atoms with van der Waals surface area (Å²) in [4.78, 5) is 7.42. The van der Waals surface area contributed by atoms with Crippen LogP contribution in [0.1, 0.15) is 29.3 Å². The van der Waals surface area contributed by atoms with Crippen molar-refractivity contribution in [2.45, 2.75) is 25.2 Å². The lowest BCUT2D eigenvalue weighted by atomic mass is 9.97. The van der Waals surface area contributed by atoms with E-state index >= 15 is 0 Å². The predicted molar refractivity (Wildman–Crippen MR) is 103 cm³/mol. The van der Waals surface area contributed by atoms with E-state index in [0.29, 0.717) is 5.92 Å². The fourth-order valence-electron chi connectivity index (χ4n) is 3.45. The minimum absolute atomic E-state index is 0.629. The maximum Gasteiger partial charge on any atom is 0.0970 e. The van der Waals surface area contributed by atoms with Crippen molar-refractivity contribution in [1.82, 2.24) is 9.88 Å². The largest absolute Gasteiger partial charge is 0.303 e. The number of hydrogen-bond donors (Lipinski definition) is 0.